The normalized spacial score (nSPS) is 16.5. The first-order valence-electron chi connectivity index (χ1n) is 9.22. The number of Topliss-reactive ketones (excluding diaryl/α,β-unsaturated/α-hetero) is 1. The van der Waals surface area contributed by atoms with Gasteiger partial charge in [-0.3, -0.25) is 19.5 Å². The van der Waals surface area contributed by atoms with E-state index in [0.29, 0.717) is 27.0 Å². The van der Waals surface area contributed by atoms with Crippen LogP contribution in [0.15, 0.2) is 53.9 Å². The molecule has 0 radical (unpaired) electrons. The van der Waals surface area contributed by atoms with E-state index in [1.165, 1.54) is 16.2 Å². The fraction of sp³-hybridized carbons (Fsp3) is 0.182. The van der Waals surface area contributed by atoms with Crippen LogP contribution in [0.25, 0.3) is 0 Å². The summed E-state index contributed by atoms with van der Waals surface area (Å²) in [6, 6.07) is 9.51. The molecule has 1 aromatic carbocycles. The van der Waals surface area contributed by atoms with Crippen molar-refractivity contribution in [1.82, 2.24) is 9.97 Å². The molecule has 0 aliphatic carbocycles. The summed E-state index contributed by atoms with van der Waals surface area (Å²) in [5.41, 5.74) is 2.31. The highest BCUT2D eigenvalue weighted by atomic mass is 35.5. The average molecular weight is 440 g/mol. The number of rotatable bonds is 4. The maximum absolute atomic E-state index is 13.5. The molecule has 3 aromatic rings. The van der Waals surface area contributed by atoms with Gasteiger partial charge < -0.3 is 5.11 Å². The second kappa shape index (κ2) is 7.66. The Labute approximate surface area is 182 Å². The fourth-order valence-electron chi connectivity index (χ4n) is 3.61. The summed E-state index contributed by atoms with van der Waals surface area (Å²) in [6.45, 7) is 5.38. The SMILES string of the molecule is Cc1nc(C)c(C(=O)C2=C(O)C(=O)N(c3cc(Cl)ccc3C)C2c2ccccn2)s1. The van der Waals surface area contributed by atoms with Gasteiger partial charge in [-0.2, -0.15) is 0 Å². The standard InChI is InChI=1S/C22H18ClN3O3S/c1-11-7-8-14(23)10-16(11)26-18(15-6-4-5-9-24-15)17(20(28)22(26)29)19(27)21-12(2)25-13(3)30-21/h4-10,18,28H,1-3H3. The Bertz CT molecular complexity index is 1200. The lowest BCUT2D eigenvalue weighted by Crippen LogP contribution is -2.32. The van der Waals surface area contributed by atoms with E-state index in [-0.39, 0.29) is 5.57 Å². The molecule has 1 N–H and O–H groups in total. The van der Waals surface area contributed by atoms with Crippen LogP contribution in [0, 0.1) is 20.8 Å². The number of pyridine rings is 1. The molecule has 1 aliphatic heterocycles. The molecule has 8 heteroatoms. The minimum atomic E-state index is -0.884. The van der Waals surface area contributed by atoms with Crippen molar-refractivity contribution in [3.8, 4) is 0 Å². The third kappa shape index (κ3) is 3.30. The quantitative estimate of drug-likeness (QED) is 0.584. The summed E-state index contributed by atoms with van der Waals surface area (Å²) in [4.78, 5) is 37.1. The molecule has 2 aromatic heterocycles. The zero-order valence-electron chi connectivity index (χ0n) is 16.5. The predicted octanol–water partition coefficient (Wildman–Crippen LogP) is 4.90. The van der Waals surface area contributed by atoms with Gasteiger partial charge in [-0.1, -0.05) is 23.7 Å². The average Bonchev–Trinajstić information content (AvgIpc) is 3.20. The number of ketones is 1. The number of aromatic nitrogens is 2. The van der Waals surface area contributed by atoms with Gasteiger partial charge in [0.15, 0.2) is 5.76 Å². The van der Waals surface area contributed by atoms with E-state index < -0.39 is 23.5 Å². The minimum absolute atomic E-state index is 0.00942. The van der Waals surface area contributed by atoms with E-state index in [9.17, 15) is 14.7 Å². The lowest BCUT2D eigenvalue weighted by molar-refractivity contribution is -0.117. The van der Waals surface area contributed by atoms with Crippen molar-refractivity contribution in [2.45, 2.75) is 26.8 Å². The molecule has 0 saturated carbocycles. The number of carbonyl (C=O) groups excluding carboxylic acids is 2. The molecule has 4 rings (SSSR count). The van der Waals surface area contributed by atoms with Crippen LogP contribution in [0.3, 0.4) is 0 Å². The first kappa shape index (κ1) is 20.3. The topological polar surface area (TPSA) is 83.4 Å². The van der Waals surface area contributed by atoms with Gasteiger partial charge in [-0.15, -0.1) is 11.3 Å². The van der Waals surface area contributed by atoms with Gasteiger partial charge in [0.1, 0.15) is 6.04 Å². The number of amides is 1. The van der Waals surface area contributed by atoms with Gasteiger partial charge in [0, 0.05) is 16.9 Å². The zero-order chi connectivity index (χ0) is 21.6. The van der Waals surface area contributed by atoms with Crippen LogP contribution in [0.2, 0.25) is 5.02 Å². The molecule has 0 fully saturated rings. The van der Waals surface area contributed by atoms with Crippen LogP contribution in [-0.4, -0.2) is 26.8 Å². The van der Waals surface area contributed by atoms with Crippen LogP contribution in [0.4, 0.5) is 5.69 Å². The molecule has 152 valence electrons. The Hall–Kier alpha value is -3.03. The number of anilines is 1. The van der Waals surface area contributed by atoms with Crippen molar-refractivity contribution in [2.75, 3.05) is 4.90 Å². The Morgan fingerprint density at radius 3 is 2.60 bits per heavy atom. The van der Waals surface area contributed by atoms with Crippen LogP contribution >= 0.6 is 22.9 Å². The van der Waals surface area contributed by atoms with Crippen LogP contribution in [-0.2, 0) is 4.79 Å². The minimum Gasteiger partial charge on any atom is -0.503 e. The molecular weight excluding hydrogens is 422 g/mol. The number of aliphatic hydroxyl groups is 1. The third-order valence-electron chi connectivity index (χ3n) is 4.96. The Balaban J connectivity index is 1.92. The zero-order valence-corrected chi connectivity index (χ0v) is 18.1. The number of nitrogens with zero attached hydrogens (tertiary/aromatic N) is 3. The number of carbonyl (C=O) groups is 2. The van der Waals surface area contributed by atoms with Crippen LogP contribution in [0.5, 0.6) is 0 Å². The number of hydrogen-bond acceptors (Lipinski definition) is 6. The summed E-state index contributed by atoms with van der Waals surface area (Å²) in [5, 5.41) is 12.0. The van der Waals surface area contributed by atoms with Gasteiger partial charge in [0.25, 0.3) is 5.91 Å². The van der Waals surface area contributed by atoms with Crippen LogP contribution < -0.4 is 4.90 Å². The summed E-state index contributed by atoms with van der Waals surface area (Å²) < 4.78 is 0. The number of halogens is 1. The lowest BCUT2D eigenvalue weighted by Gasteiger charge is -2.27. The molecule has 1 atom stereocenters. The van der Waals surface area contributed by atoms with E-state index >= 15 is 0 Å². The first-order chi connectivity index (χ1) is 14.3. The Kier molecular flexibility index (Phi) is 5.17. The van der Waals surface area contributed by atoms with E-state index in [1.54, 1.807) is 56.4 Å². The van der Waals surface area contributed by atoms with Gasteiger partial charge in [-0.05, 0) is 50.6 Å². The summed E-state index contributed by atoms with van der Waals surface area (Å²) in [7, 11) is 0. The molecule has 30 heavy (non-hydrogen) atoms. The van der Waals surface area contributed by atoms with Crippen molar-refractivity contribution >= 4 is 40.3 Å². The highest BCUT2D eigenvalue weighted by molar-refractivity contribution is 7.14. The highest BCUT2D eigenvalue weighted by Gasteiger charge is 2.46. The molecule has 1 unspecified atom stereocenters. The van der Waals surface area contributed by atoms with Crippen molar-refractivity contribution < 1.29 is 14.7 Å². The van der Waals surface area contributed by atoms with E-state index in [2.05, 4.69) is 9.97 Å². The second-order valence-electron chi connectivity index (χ2n) is 7.00. The molecule has 3 heterocycles. The van der Waals surface area contributed by atoms with Gasteiger partial charge >= 0.3 is 0 Å². The molecular formula is C22H18ClN3O3S. The van der Waals surface area contributed by atoms with E-state index in [4.69, 9.17) is 11.6 Å². The largest absolute Gasteiger partial charge is 0.503 e. The van der Waals surface area contributed by atoms with Crippen molar-refractivity contribution in [3.63, 3.8) is 0 Å². The molecule has 0 spiro atoms. The molecule has 1 amide bonds. The first-order valence-corrected chi connectivity index (χ1v) is 10.4. The van der Waals surface area contributed by atoms with E-state index in [0.717, 1.165) is 10.6 Å². The number of benzene rings is 1. The highest BCUT2D eigenvalue weighted by Crippen LogP contribution is 2.43. The smallest absolute Gasteiger partial charge is 0.294 e. The number of aliphatic hydroxyl groups excluding tert-OH is 1. The molecule has 0 bridgehead atoms. The lowest BCUT2D eigenvalue weighted by atomic mass is 9.98. The van der Waals surface area contributed by atoms with Crippen LogP contribution in [0.1, 0.15) is 37.7 Å². The van der Waals surface area contributed by atoms with Crippen molar-refractivity contribution in [1.29, 1.82) is 0 Å². The summed E-state index contributed by atoms with van der Waals surface area (Å²) in [6.07, 6.45) is 1.59. The maximum atomic E-state index is 13.5. The predicted molar refractivity (Wildman–Crippen MR) is 116 cm³/mol. The molecule has 6 nitrogen and oxygen atoms in total. The molecule has 1 aliphatic rings. The molecule has 0 saturated heterocycles. The summed E-state index contributed by atoms with van der Waals surface area (Å²) in [5.74, 6) is -1.68. The number of aryl methyl sites for hydroxylation is 3. The Morgan fingerprint density at radius 2 is 1.97 bits per heavy atom. The van der Waals surface area contributed by atoms with Crippen molar-refractivity contribution in [2.24, 2.45) is 0 Å². The summed E-state index contributed by atoms with van der Waals surface area (Å²) >= 11 is 7.42. The van der Waals surface area contributed by atoms with Gasteiger partial charge in [0.2, 0.25) is 5.78 Å². The number of thiazole rings is 1. The monoisotopic (exact) mass is 439 g/mol. The van der Waals surface area contributed by atoms with Crippen molar-refractivity contribution in [3.05, 3.63) is 85.8 Å². The second-order valence-corrected chi connectivity index (χ2v) is 8.64. The van der Waals surface area contributed by atoms with E-state index in [1.807, 2.05) is 6.92 Å². The number of hydrogen-bond donors (Lipinski definition) is 1. The third-order valence-corrected chi connectivity index (χ3v) is 6.27. The fourth-order valence-corrected chi connectivity index (χ4v) is 4.65. The Morgan fingerprint density at radius 1 is 1.20 bits per heavy atom. The van der Waals surface area contributed by atoms with Gasteiger partial charge in [-0.25, -0.2) is 4.98 Å². The van der Waals surface area contributed by atoms with Gasteiger partial charge in [0.05, 0.1) is 26.8 Å². The maximum Gasteiger partial charge on any atom is 0.294 e.